The lowest BCUT2D eigenvalue weighted by molar-refractivity contribution is 0.775. The summed E-state index contributed by atoms with van der Waals surface area (Å²) in [5, 5.41) is 4.11. The third-order valence-electron chi connectivity index (χ3n) is 2.20. The summed E-state index contributed by atoms with van der Waals surface area (Å²) >= 11 is 0. The molecule has 4 nitrogen and oxygen atoms in total. The van der Waals surface area contributed by atoms with Crippen LogP contribution in [0.5, 0.6) is 0 Å². The molecule has 0 radical (unpaired) electrons. The normalized spacial score (nSPS) is 10.4. The van der Waals surface area contributed by atoms with Crippen molar-refractivity contribution in [3.63, 3.8) is 0 Å². The number of aryl methyl sites for hydroxylation is 2. The van der Waals surface area contributed by atoms with Gasteiger partial charge in [0.15, 0.2) is 0 Å². The Bertz CT molecular complexity index is 459. The summed E-state index contributed by atoms with van der Waals surface area (Å²) in [6.07, 6.45) is 1.77. The van der Waals surface area contributed by atoms with Gasteiger partial charge in [0.05, 0.1) is 5.69 Å². The molecule has 2 heterocycles. The molecular formula is C10H12N4. The molecule has 0 aliphatic rings. The topological polar surface area (TPSA) is 56.7 Å². The van der Waals surface area contributed by atoms with Crippen molar-refractivity contribution in [3.8, 4) is 11.3 Å². The van der Waals surface area contributed by atoms with Gasteiger partial charge in [0.25, 0.3) is 0 Å². The Balaban J connectivity index is 2.58. The molecule has 0 aliphatic heterocycles. The van der Waals surface area contributed by atoms with Gasteiger partial charge in [-0.2, -0.15) is 5.10 Å². The van der Waals surface area contributed by atoms with Crippen LogP contribution in [-0.4, -0.2) is 14.8 Å². The summed E-state index contributed by atoms with van der Waals surface area (Å²) in [6.45, 7) is 1.94. The third-order valence-corrected chi connectivity index (χ3v) is 2.20. The molecule has 0 aromatic carbocycles. The fraction of sp³-hybridized carbons (Fsp3) is 0.200. The number of hydrogen-bond acceptors (Lipinski definition) is 3. The van der Waals surface area contributed by atoms with Crippen molar-refractivity contribution in [2.45, 2.75) is 6.92 Å². The van der Waals surface area contributed by atoms with Gasteiger partial charge in [0.1, 0.15) is 5.82 Å². The molecule has 0 spiro atoms. The number of nitrogen functional groups attached to an aromatic ring is 1. The van der Waals surface area contributed by atoms with E-state index in [4.69, 9.17) is 5.73 Å². The summed E-state index contributed by atoms with van der Waals surface area (Å²) in [5.41, 5.74) is 8.63. The first-order valence-electron chi connectivity index (χ1n) is 4.40. The molecule has 2 aromatic heterocycles. The monoisotopic (exact) mass is 188 g/mol. The Morgan fingerprint density at radius 2 is 2.07 bits per heavy atom. The molecule has 2 aromatic rings. The Morgan fingerprint density at radius 3 is 2.64 bits per heavy atom. The SMILES string of the molecule is Cc1nc(N)ccc1-c1ccnn1C. The highest BCUT2D eigenvalue weighted by Gasteiger charge is 2.06. The molecule has 14 heavy (non-hydrogen) atoms. The second-order valence-electron chi connectivity index (χ2n) is 3.21. The molecule has 0 atom stereocenters. The average Bonchev–Trinajstić information content (AvgIpc) is 2.52. The molecule has 4 heteroatoms. The van der Waals surface area contributed by atoms with E-state index in [1.807, 2.05) is 30.8 Å². The molecule has 2 N–H and O–H groups in total. The van der Waals surface area contributed by atoms with Crippen LogP contribution in [0.25, 0.3) is 11.3 Å². The fourth-order valence-corrected chi connectivity index (χ4v) is 1.49. The number of pyridine rings is 1. The minimum absolute atomic E-state index is 0.549. The van der Waals surface area contributed by atoms with Gasteiger partial charge in [-0.05, 0) is 25.1 Å². The van der Waals surface area contributed by atoms with Crippen molar-refractivity contribution < 1.29 is 0 Å². The van der Waals surface area contributed by atoms with E-state index in [9.17, 15) is 0 Å². The number of nitrogens with zero attached hydrogens (tertiary/aromatic N) is 3. The van der Waals surface area contributed by atoms with Gasteiger partial charge in [-0.25, -0.2) is 4.98 Å². The molecule has 72 valence electrons. The number of nitrogens with two attached hydrogens (primary N) is 1. The van der Waals surface area contributed by atoms with Gasteiger partial charge in [-0.15, -0.1) is 0 Å². The number of hydrogen-bond donors (Lipinski definition) is 1. The Kier molecular flexibility index (Phi) is 1.96. The minimum atomic E-state index is 0.549. The Labute approximate surface area is 82.4 Å². The molecule has 0 saturated carbocycles. The highest BCUT2D eigenvalue weighted by atomic mass is 15.3. The van der Waals surface area contributed by atoms with Gasteiger partial charge >= 0.3 is 0 Å². The fourth-order valence-electron chi connectivity index (χ4n) is 1.49. The standard InChI is InChI=1S/C10H12N4/c1-7-8(3-4-10(11)13-7)9-5-6-12-14(9)2/h3-6H,1-2H3,(H2,11,13). The van der Waals surface area contributed by atoms with Crippen LogP contribution < -0.4 is 5.73 Å². The van der Waals surface area contributed by atoms with Crippen molar-refractivity contribution in [3.05, 3.63) is 30.1 Å². The van der Waals surface area contributed by atoms with E-state index in [0.29, 0.717) is 5.82 Å². The second kappa shape index (κ2) is 3.14. The quantitative estimate of drug-likeness (QED) is 0.735. The Morgan fingerprint density at radius 1 is 1.29 bits per heavy atom. The van der Waals surface area contributed by atoms with Crippen molar-refractivity contribution in [2.24, 2.45) is 7.05 Å². The molecule has 0 saturated heterocycles. The predicted octanol–water partition coefficient (Wildman–Crippen LogP) is 1.37. The maximum absolute atomic E-state index is 5.59. The van der Waals surface area contributed by atoms with E-state index in [-0.39, 0.29) is 0 Å². The molecule has 0 aliphatic carbocycles. The largest absolute Gasteiger partial charge is 0.384 e. The molecule has 0 amide bonds. The zero-order chi connectivity index (χ0) is 10.1. The van der Waals surface area contributed by atoms with Crippen LogP contribution in [0.1, 0.15) is 5.69 Å². The van der Waals surface area contributed by atoms with E-state index in [0.717, 1.165) is 17.0 Å². The predicted molar refractivity (Wildman–Crippen MR) is 55.6 cm³/mol. The van der Waals surface area contributed by atoms with Gasteiger partial charge in [0.2, 0.25) is 0 Å². The zero-order valence-electron chi connectivity index (χ0n) is 8.23. The maximum atomic E-state index is 5.59. The third kappa shape index (κ3) is 1.35. The van der Waals surface area contributed by atoms with E-state index in [1.165, 1.54) is 0 Å². The molecule has 2 rings (SSSR count). The lowest BCUT2D eigenvalue weighted by Crippen LogP contribution is -1.98. The first-order valence-corrected chi connectivity index (χ1v) is 4.40. The van der Waals surface area contributed by atoms with Crippen molar-refractivity contribution in [1.29, 1.82) is 0 Å². The average molecular weight is 188 g/mol. The smallest absolute Gasteiger partial charge is 0.123 e. The second-order valence-corrected chi connectivity index (χ2v) is 3.21. The highest BCUT2D eigenvalue weighted by Crippen LogP contribution is 2.21. The van der Waals surface area contributed by atoms with Crippen LogP contribution in [0.15, 0.2) is 24.4 Å². The van der Waals surface area contributed by atoms with Crippen molar-refractivity contribution >= 4 is 5.82 Å². The molecular weight excluding hydrogens is 176 g/mol. The number of aromatic nitrogens is 3. The Hall–Kier alpha value is -1.84. The minimum Gasteiger partial charge on any atom is -0.384 e. The summed E-state index contributed by atoms with van der Waals surface area (Å²) in [4.78, 5) is 4.21. The van der Waals surface area contributed by atoms with Crippen LogP contribution >= 0.6 is 0 Å². The lowest BCUT2D eigenvalue weighted by atomic mass is 10.1. The summed E-state index contributed by atoms with van der Waals surface area (Å²) in [7, 11) is 1.91. The van der Waals surface area contributed by atoms with Crippen molar-refractivity contribution in [2.75, 3.05) is 5.73 Å². The summed E-state index contributed by atoms with van der Waals surface area (Å²) in [5.74, 6) is 0.549. The lowest BCUT2D eigenvalue weighted by Gasteiger charge is -2.05. The van der Waals surface area contributed by atoms with Gasteiger partial charge in [0, 0.05) is 24.5 Å². The van der Waals surface area contributed by atoms with Crippen LogP contribution in [0.2, 0.25) is 0 Å². The maximum Gasteiger partial charge on any atom is 0.123 e. The van der Waals surface area contributed by atoms with Gasteiger partial charge in [-0.3, -0.25) is 4.68 Å². The molecule has 0 unspecified atom stereocenters. The molecule has 0 fully saturated rings. The zero-order valence-corrected chi connectivity index (χ0v) is 8.23. The van der Waals surface area contributed by atoms with E-state index in [2.05, 4.69) is 10.1 Å². The van der Waals surface area contributed by atoms with Crippen LogP contribution in [0, 0.1) is 6.92 Å². The number of rotatable bonds is 1. The summed E-state index contributed by atoms with van der Waals surface area (Å²) < 4.78 is 1.82. The van der Waals surface area contributed by atoms with E-state index in [1.54, 1.807) is 12.3 Å². The first kappa shape index (κ1) is 8.74. The summed E-state index contributed by atoms with van der Waals surface area (Å²) in [6, 6.07) is 5.73. The van der Waals surface area contributed by atoms with Gasteiger partial charge in [-0.1, -0.05) is 0 Å². The van der Waals surface area contributed by atoms with Crippen LogP contribution in [0.3, 0.4) is 0 Å². The van der Waals surface area contributed by atoms with Gasteiger partial charge < -0.3 is 5.73 Å². The highest BCUT2D eigenvalue weighted by molar-refractivity contribution is 5.63. The van der Waals surface area contributed by atoms with E-state index >= 15 is 0 Å². The number of anilines is 1. The molecule has 0 bridgehead atoms. The first-order chi connectivity index (χ1) is 6.68. The van der Waals surface area contributed by atoms with E-state index < -0.39 is 0 Å². The van der Waals surface area contributed by atoms with Crippen molar-refractivity contribution in [1.82, 2.24) is 14.8 Å². The van der Waals surface area contributed by atoms with Crippen LogP contribution in [0.4, 0.5) is 5.82 Å². The van der Waals surface area contributed by atoms with Crippen LogP contribution in [-0.2, 0) is 7.05 Å².